The minimum atomic E-state index is -0.801. The quantitative estimate of drug-likeness (QED) is 0.243. The van der Waals surface area contributed by atoms with Crippen molar-refractivity contribution in [2.45, 2.75) is 4.90 Å². The summed E-state index contributed by atoms with van der Waals surface area (Å²) in [4.78, 5) is 51.6. The summed E-state index contributed by atoms with van der Waals surface area (Å²) in [7, 11) is 1.72. The number of carbonyl (C=O) groups is 3. The van der Waals surface area contributed by atoms with Crippen LogP contribution in [0, 0.1) is 21.4 Å². The first-order valence-corrected chi connectivity index (χ1v) is 9.48. The summed E-state index contributed by atoms with van der Waals surface area (Å²) in [6.45, 7) is -0.628. The number of rotatable bonds is 4. The third-order valence-electron chi connectivity index (χ3n) is 4.81. The molecule has 0 N–H and O–H groups in total. The number of amides is 2. The number of hydrogen-bond acceptors (Lipinski definition) is 8. The Kier molecular flexibility index (Phi) is 4.60. The molecule has 2 aromatic rings. The van der Waals surface area contributed by atoms with Crippen LogP contribution in [0.5, 0.6) is 0 Å². The van der Waals surface area contributed by atoms with E-state index >= 15 is 0 Å². The highest BCUT2D eigenvalue weighted by atomic mass is 32.2. The molecule has 0 aromatic heterocycles. The van der Waals surface area contributed by atoms with Gasteiger partial charge in [0.25, 0.3) is 17.5 Å². The summed E-state index contributed by atoms with van der Waals surface area (Å²) in [6.07, 6.45) is 0. The van der Waals surface area contributed by atoms with E-state index in [1.54, 1.807) is 11.9 Å². The normalized spacial score (nSPS) is 16.3. The van der Waals surface area contributed by atoms with Crippen LogP contribution in [0.1, 0.15) is 20.7 Å². The fraction of sp³-hybridized carbons (Fsp3) is 0.100. The van der Waals surface area contributed by atoms with Crippen molar-refractivity contribution >= 4 is 40.7 Å². The lowest BCUT2D eigenvalue weighted by atomic mass is 10.1. The van der Waals surface area contributed by atoms with Gasteiger partial charge >= 0.3 is 0 Å². The molecule has 2 heterocycles. The minimum Gasteiger partial charge on any atom is -0.337 e. The Morgan fingerprint density at radius 2 is 1.87 bits per heavy atom. The van der Waals surface area contributed by atoms with E-state index in [0.29, 0.717) is 9.93 Å². The number of nitro benzene ring substituents is 1. The number of thioether (sulfide) groups is 1. The van der Waals surface area contributed by atoms with Crippen molar-refractivity contribution in [2.24, 2.45) is 0 Å². The molecule has 2 amide bonds. The van der Waals surface area contributed by atoms with E-state index < -0.39 is 29.1 Å². The van der Waals surface area contributed by atoms with Gasteiger partial charge in [-0.15, -0.1) is 0 Å². The number of ketones is 1. The van der Waals surface area contributed by atoms with Crippen LogP contribution < -0.4 is 4.90 Å². The number of para-hydroxylation sites is 1. The van der Waals surface area contributed by atoms with Crippen LogP contribution in [0.3, 0.4) is 0 Å². The number of benzene rings is 2. The number of fused-ring (bicyclic) bond motifs is 2. The van der Waals surface area contributed by atoms with E-state index in [-0.39, 0.29) is 22.4 Å². The third-order valence-corrected chi connectivity index (χ3v) is 6.05. The van der Waals surface area contributed by atoms with Gasteiger partial charge in [-0.05, 0) is 18.2 Å². The maximum Gasteiger partial charge on any atom is 0.270 e. The van der Waals surface area contributed by atoms with Crippen molar-refractivity contribution in [3.63, 3.8) is 0 Å². The summed E-state index contributed by atoms with van der Waals surface area (Å²) >= 11 is 1.26. The van der Waals surface area contributed by atoms with Gasteiger partial charge in [0.2, 0.25) is 0 Å². The molecule has 0 unspecified atom stereocenters. The van der Waals surface area contributed by atoms with Gasteiger partial charge in [0.1, 0.15) is 16.7 Å². The van der Waals surface area contributed by atoms with Gasteiger partial charge in [-0.3, -0.25) is 29.4 Å². The van der Waals surface area contributed by atoms with Gasteiger partial charge in [-0.2, -0.15) is 5.26 Å². The lowest BCUT2D eigenvalue weighted by Gasteiger charge is -2.16. The third kappa shape index (κ3) is 2.92. The van der Waals surface area contributed by atoms with Gasteiger partial charge < -0.3 is 4.90 Å². The van der Waals surface area contributed by atoms with Gasteiger partial charge in [0, 0.05) is 24.1 Å². The van der Waals surface area contributed by atoms with Crippen LogP contribution in [-0.2, 0) is 4.79 Å². The molecule has 0 spiro atoms. The van der Waals surface area contributed by atoms with Gasteiger partial charge in [0.15, 0.2) is 5.78 Å². The Bertz CT molecular complexity index is 1230. The van der Waals surface area contributed by atoms with Crippen molar-refractivity contribution < 1.29 is 19.3 Å². The number of non-ortho nitro benzene ring substituents is 1. The second-order valence-electron chi connectivity index (χ2n) is 6.53. The smallest absolute Gasteiger partial charge is 0.270 e. The largest absolute Gasteiger partial charge is 0.337 e. The molecule has 0 saturated carbocycles. The number of anilines is 1. The predicted octanol–water partition coefficient (Wildman–Crippen LogP) is 2.74. The van der Waals surface area contributed by atoms with Crippen LogP contribution in [0.15, 0.2) is 58.0 Å². The first-order valence-electron chi connectivity index (χ1n) is 8.66. The maximum atomic E-state index is 12.9. The molecule has 10 heteroatoms. The fourth-order valence-electron chi connectivity index (χ4n) is 3.31. The Hall–Kier alpha value is -3.97. The highest BCUT2D eigenvalue weighted by Crippen LogP contribution is 2.46. The molecule has 148 valence electrons. The lowest BCUT2D eigenvalue weighted by Crippen LogP contribution is -2.35. The van der Waals surface area contributed by atoms with E-state index in [9.17, 15) is 29.8 Å². The monoisotopic (exact) mass is 420 g/mol. The Morgan fingerprint density at radius 1 is 1.17 bits per heavy atom. The summed E-state index contributed by atoms with van der Waals surface area (Å²) in [5.41, 5.74) is 0.203. The number of carbonyl (C=O) groups excluding carboxylic acids is 3. The summed E-state index contributed by atoms with van der Waals surface area (Å²) < 4.78 is 0. The van der Waals surface area contributed by atoms with Crippen molar-refractivity contribution in [3.8, 4) is 6.07 Å². The van der Waals surface area contributed by atoms with Gasteiger partial charge in [-0.1, -0.05) is 23.9 Å². The molecule has 2 aromatic carbocycles. The van der Waals surface area contributed by atoms with Crippen LogP contribution in [-0.4, -0.2) is 41.0 Å². The van der Waals surface area contributed by atoms with Gasteiger partial charge in [0.05, 0.1) is 28.3 Å². The topological polar surface area (TPSA) is 125 Å². The molecule has 2 aliphatic heterocycles. The fourth-order valence-corrected chi connectivity index (χ4v) is 4.47. The number of hydrogen-bond donors (Lipinski definition) is 0. The number of nitrogens with zero attached hydrogens (tertiary/aromatic N) is 4. The molecule has 0 atom stereocenters. The molecule has 0 aliphatic carbocycles. The average molecular weight is 420 g/mol. The minimum absolute atomic E-state index is 0.00988. The Labute approximate surface area is 174 Å². The second-order valence-corrected chi connectivity index (χ2v) is 7.56. The molecular weight excluding hydrogens is 408 g/mol. The van der Waals surface area contributed by atoms with Crippen LogP contribution in [0.4, 0.5) is 11.4 Å². The number of nitro groups is 1. The SMILES string of the molecule is CN1/C(=C(\C#N)C(=O)CN2C(=O)c3ccc([N+](=O)[O-])cc3C2=O)Sc2ccccc21. The zero-order chi connectivity index (χ0) is 21.6. The average Bonchev–Trinajstić information content (AvgIpc) is 3.18. The molecule has 30 heavy (non-hydrogen) atoms. The van der Waals surface area contributed by atoms with E-state index in [0.717, 1.165) is 22.7 Å². The maximum absolute atomic E-state index is 12.9. The zero-order valence-corrected chi connectivity index (χ0v) is 16.3. The molecule has 0 saturated heterocycles. The van der Waals surface area contributed by atoms with E-state index in [1.807, 2.05) is 30.3 Å². The number of Topliss-reactive ketones (excluding diaryl/α,β-unsaturated/α-hetero) is 1. The first kappa shape index (κ1) is 19.4. The summed E-state index contributed by atoms with van der Waals surface area (Å²) in [5, 5.41) is 21.0. The first-order chi connectivity index (χ1) is 14.3. The zero-order valence-electron chi connectivity index (χ0n) is 15.5. The standard InChI is InChI=1S/C20H12N4O5S/c1-22-15-4-2-3-5-17(15)30-20(22)14(9-21)16(25)10-23-18(26)12-7-6-11(24(28)29)8-13(12)19(23)27/h2-8H,10H2,1H3/b20-14-. The van der Waals surface area contributed by atoms with Crippen molar-refractivity contribution in [1.82, 2.24) is 4.90 Å². The van der Waals surface area contributed by atoms with Crippen molar-refractivity contribution in [2.75, 3.05) is 18.5 Å². The summed E-state index contributed by atoms with van der Waals surface area (Å²) in [5.74, 6) is -2.22. The second kappa shape index (κ2) is 7.13. The van der Waals surface area contributed by atoms with Crippen molar-refractivity contribution in [1.29, 1.82) is 5.26 Å². The molecule has 0 fully saturated rings. The van der Waals surface area contributed by atoms with E-state index in [4.69, 9.17) is 0 Å². The van der Waals surface area contributed by atoms with Crippen molar-refractivity contribution in [3.05, 3.63) is 74.3 Å². The van der Waals surface area contributed by atoms with E-state index in [2.05, 4.69) is 0 Å². The summed E-state index contributed by atoms with van der Waals surface area (Å²) in [6, 6.07) is 12.6. The molecule has 0 radical (unpaired) electrons. The van der Waals surface area contributed by atoms with E-state index in [1.165, 1.54) is 17.8 Å². The number of nitriles is 1. The lowest BCUT2D eigenvalue weighted by molar-refractivity contribution is -0.384. The predicted molar refractivity (Wildman–Crippen MR) is 107 cm³/mol. The number of imide groups is 1. The van der Waals surface area contributed by atoms with Crippen LogP contribution in [0.25, 0.3) is 0 Å². The van der Waals surface area contributed by atoms with Gasteiger partial charge in [-0.25, -0.2) is 0 Å². The highest BCUT2D eigenvalue weighted by Gasteiger charge is 2.39. The van der Waals surface area contributed by atoms with Crippen LogP contribution >= 0.6 is 11.8 Å². The van der Waals surface area contributed by atoms with Crippen LogP contribution in [0.2, 0.25) is 0 Å². The molecular formula is C20H12N4O5S. The highest BCUT2D eigenvalue weighted by molar-refractivity contribution is 8.03. The molecule has 0 bridgehead atoms. The molecule has 9 nitrogen and oxygen atoms in total. The Morgan fingerprint density at radius 3 is 2.53 bits per heavy atom. The molecule has 2 aliphatic rings. The molecule has 4 rings (SSSR count). The Balaban J connectivity index is 1.62.